The van der Waals surface area contributed by atoms with Crippen molar-refractivity contribution in [3.05, 3.63) is 106 Å². The molecule has 0 bridgehead atoms. The summed E-state index contributed by atoms with van der Waals surface area (Å²) in [4.78, 5) is 50.4. The van der Waals surface area contributed by atoms with Crippen LogP contribution in [0, 0.1) is 0 Å². The second-order valence-corrected chi connectivity index (χ2v) is 9.13. The molecule has 10 heteroatoms. The van der Waals surface area contributed by atoms with E-state index in [9.17, 15) is 19.2 Å². The van der Waals surface area contributed by atoms with Crippen LogP contribution in [0.1, 0.15) is 28.4 Å². The first-order valence-corrected chi connectivity index (χ1v) is 12.5. The largest absolute Gasteiger partial charge is 0.454 e. The first kappa shape index (κ1) is 28.7. The molecule has 2 N–H and O–H groups in total. The lowest BCUT2D eigenvalue weighted by molar-refractivity contribution is -0.130. The fourth-order valence-corrected chi connectivity index (χ4v) is 3.94. The molecule has 0 aliphatic heterocycles. The zero-order valence-electron chi connectivity index (χ0n) is 20.5. The molecule has 2 atom stereocenters. The Kier molecular flexibility index (Phi) is 10.7. The number of carbonyl (C=O) groups excluding carboxylic acids is 4. The van der Waals surface area contributed by atoms with E-state index < -0.39 is 42.4 Å². The number of hydrogen-bond donors (Lipinski definition) is 2. The number of ketones is 1. The summed E-state index contributed by atoms with van der Waals surface area (Å²) >= 11 is 12.0. The Labute approximate surface area is 230 Å². The molecule has 0 radical (unpaired) electrons. The van der Waals surface area contributed by atoms with E-state index in [1.165, 1.54) is 19.1 Å². The van der Waals surface area contributed by atoms with Gasteiger partial charge in [0, 0.05) is 6.42 Å². The van der Waals surface area contributed by atoms with Gasteiger partial charge in [-0.25, -0.2) is 9.59 Å². The van der Waals surface area contributed by atoms with Crippen LogP contribution in [-0.2, 0) is 32.1 Å². The van der Waals surface area contributed by atoms with Gasteiger partial charge in [-0.15, -0.1) is 0 Å². The third-order valence-corrected chi connectivity index (χ3v) is 6.09. The standard InChI is InChI=1S/C28H26Cl2N2O6/c1-18(24(33)17-37-27(35)25-21(29)13-8-14-22(25)30)31-26(34)23(15-19-9-4-2-5-10-19)32-28(36)38-16-20-11-6-3-7-12-20/h2-14,18,23H,15-17H2,1H3,(H,31,34)(H,32,36)/t18-,23+/m0/s1. The Morgan fingerprint density at radius 1 is 0.763 bits per heavy atom. The fraction of sp³-hybridized carbons (Fsp3) is 0.214. The van der Waals surface area contributed by atoms with E-state index in [-0.39, 0.29) is 28.6 Å². The number of hydrogen-bond acceptors (Lipinski definition) is 6. The zero-order valence-corrected chi connectivity index (χ0v) is 22.0. The Balaban J connectivity index is 1.59. The molecule has 0 saturated heterocycles. The van der Waals surface area contributed by atoms with Gasteiger partial charge in [-0.2, -0.15) is 0 Å². The van der Waals surface area contributed by atoms with Crippen molar-refractivity contribution in [1.82, 2.24) is 10.6 Å². The van der Waals surface area contributed by atoms with Gasteiger partial charge in [-0.05, 0) is 30.2 Å². The van der Waals surface area contributed by atoms with Crippen LogP contribution in [0.2, 0.25) is 10.0 Å². The third kappa shape index (κ3) is 8.61. The highest BCUT2D eigenvalue weighted by molar-refractivity contribution is 6.39. The van der Waals surface area contributed by atoms with E-state index in [1.807, 2.05) is 48.5 Å². The molecule has 3 aromatic carbocycles. The van der Waals surface area contributed by atoms with Crippen molar-refractivity contribution in [2.75, 3.05) is 6.61 Å². The maximum absolute atomic E-state index is 13.0. The van der Waals surface area contributed by atoms with Gasteiger partial charge in [0.2, 0.25) is 5.91 Å². The lowest BCUT2D eigenvalue weighted by Crippen LogP contribution is -2.52. The van der Waals surface area contributed by atoms with E-state index >= 15 is 0 Å². The average Bonchev–Trinajstić information content (AvgIpc) is 2.91. The van der Waals surface area contributed by atoms with E-state index in [1.54, 1.807) is 18.2 Å². The molecule has 0 unspecified atom stereocenters. The molecule has 38 heavy (non-hydrogen) atoms. The average molecular weight is 557 g/mol. The lowest BCUT2D eigenvalue weighted by atomic mass is 10.0. The van der Waals surface area contributed by atoms with Crippen molar-refractivity contribution >= 4 is 47.0 Å². The number of amides is 2. The van der Waals surface area contributed by atoms with Crippen LogP contribution in [0.15, 0.2) is 78.9 Å². The summed E-state index contributed by atoms with van der Waals surface area (Å²) in [6, 6.07) is 20.6. The number of ether oxygens (including phenoxy) is 2. The van der Waals surface area contributed by atoms with Crippen LogP contribution in [0.25, 0.3) is 0 Å². The Morgan fingerprint density at radius 2 is 1.34 bits per heavy atom. The number of halogens is 2. The molecular formula is C28H26Cl2N2O6. The molecular weight excluding hydrogens is 531 g/mol. The highest BCUT2D eigenvalue weighted by Gasteiger charge is 2.26. The van der Waals surface area contributed by atoms with Crippen LogP contribution in [0.3, 0.4) is 0 Å². The molecule has 0 spiro atoms. The van der Waals surface area contributed by atoms with E-state index in [0.717, 1.165) is 11.1 Å². The van der Waals surface area contributed by atoms with Crippen LogP contribution in [-0.4, -0.2) is 42.4 Å². The van der Waals surface area contributed by atoms with E-state index in [4.69, 9.17) is 32.7 Å². The first-order chi connectivity index (χ1) is 18.2. The summed E-state index contributed by atoms with van der Waals surface area (Å²) in [6.07, 6.45) is -0.622. The highest BCUT2D eigenvalue weighted by atomic mass is 35.5. The monoisotopic (exact) mass is 556 g/mol. The normalized spacial score (nSPS) is 12.1. The summed E-state index contributed by atoms with van der Waals surface area (Å²) in [5.74, 6) is -2.04. The topological polar surface area (TPSA) is 111 Å². The van der Waals surface area contributed by atoms with Crippen molar-refractivity contribution in [2.24, 2.45) is 0 Å². The summed E-state index contributed by atoms with van der Waals surface area (Å²) in [6.45, 7) is 0.865. The fourth-order valence-electron chi connectivity index (χ4n) is 3.39. The van der Waals surface area contributed by atoms with Crippen LogP contribution < -0.4 is 10.6 Å². The number of esters is 1. The van der Waals surface area contributed by atoms with Gasteiger partial charge in [-0.1, -0.05) is 89.9 Å². The summed E-state index contributed by atoms with van der Waals surface area (Å²) in [5.41, 5.74) is 1.53. The quantitative estimate of drug-likeness (QED) is 0.329. The number of nitrogens with one attached hydrogen (secondary N) is 2. The first-order valence-electron chi connectivity index (χ1n) is 11.7. The Bertz CT molecular complexity index is 1250. The van der Waals surface area contributed by atoms with Gasteiger partial charge in [-0.3, -0.25) is 9.59 Å². The number of Topliss-reactive ketones (excluding diaryl/α,β-unsaturated/α-hetero) is 1. The lowest BCUT2D eigenvalue weighted by Gasteiger charge is -2.21. The smallest absolute Gasteiger partial charge is 0.408 e. The molecule has 0 heterocycles. The summed E-state index contributed by atoms with van der Waals surface area (Å²) in [5, 5.41) is 5.30. The molecule has 3 rings (SSSR count). The predicted molar refractivity (Wildman–Crippen MR) is 143 cm³/mol. The molecule has 198 valence electrons. The van der Waals surface area contributed by atoms with Gasteiger partial charge >= 0.3 is 12.1 Å². The van der Waals surface area contributed by atoms with Crippen molar-refractivity contribution in [1.29, 1.82) is 0 Å². The van der Waals surface area contributed by atoms with Gasteiger partial charge in [0.05, 0.1) is 21.7 Å². The number of benzene rings is 3. The summed E-state index contributed by atoms with van der Waals surface area (Å²) in [7, 11) is 0. The van der Waals surface area contributed by atoms with Gasteiger partial charge in [0.25, 0.3) is 0 Å². The molecule has 0 aromatic heterocycles. The summed E-state index contributed by atoms with van der Waals surface area (Å²) < 4.78 is 10.3. The second kappa shape index (κ2) is 14.2. The third-order valence-electron chi connectivity index (χ3n) is 5.46. The highest BCUT2D eigenvalue weighted by Crippen LogP contribution is 2.24. The molecule has 8 nitrogen and oxygen atoms in total. The molecule has 0 fully saturated rings. The predicted octanol–water partition coefficient (Wildman–Crippen LogP) is 4.76. The minimum Gasteiger partial charge on any atom is -0.454 e. The molecule has 0 aliphatic carbocycles. The minimum atomic E-state index is -1.03. The van der Waals surface area contributed by atoms with Gasteiger partial charge in [0.1, 0.15) is 12.6 Å². The van der Waals surface area contributed by atoms with Crippen molar-refractivity contribution in [3.63, 3.8) is 0 Å². The van der Waals surface area contributed by atoms with Crippen molar-refractivity contribution < 1.29 is 28.7 Å². The molecule has 2 amide bonds. The maximum Gasteiger partial charge on any atom is 0.408 e. The zero-order chi connectivity index (χ0) is 27.5. The molecule has 0 saturated carbocycles. The number of alkyl carbamates (subject to hydrolysis) is 1. The maximum atomic E-state index is 13.0. The van der Waals surface area contributed by atoms with Crippen LogP contribution >= 0.6 is 23.2 Å². The Morgan fingerprint density at radius 3 is 1.95 bits per heavy atom. The SMILES string of the molecule is C[C@H](NC(=O)[C@@H](Cc1ccccc1)NC(=O)OCc1ccccc1)C(=O)COC(=O)c1c(Cl)cccc1Cl. The van der Waals surface area contributed by atoms with E-state index in [0.29, 0.717) is 0 Å². The van der Waals surface area contributed by atoms with Crippen LogP contribution in [0.5, 0.6) is 0 Å². The van der Waals surface area contributed by atoms with Gasteiger partial charge < -0.3 is 20.1 Å². The number of carbonyl (C=O) groups is 4. The minimum absolute atomic E-state index is 0.0298. The number of rotatable bonds is 11. The molecule has 3 aromatic rings. The molecule has 0 aliphatic rings. The Hall–Kier alpha value is -3.88. The van der Waals surface area contributed by atoms with Crippen LogP contribution in [0.4, 0.5) is 4.79 Å². The second-order valence-electron chi connectivity index (χ2n) is 8.32. The van der Waals surface area contributed by atoms with Crippen molar-refractivity contribution in [3.8, 4) is 0 Å². The van der Waals surface area contributed by atoms with E-state index in [2.05, 4.69) is 10.6 Å². The van der Waals surface area contributed by atoms with Gasteiger partial charge in [0.15, 0.2) is 12.4 Å². The van der Waals surface area contributed by atoms with Crippen molar-refractivity contribution in [2.45, 2.75) is 32.0 Å².